The van der Waals surface area contributed by atoms with Gasteiger partial charge in [-0.05, 0) is 31.9 Å². The zero-order chi connectivity index (χ0) is 13.0. The van der Waals surface area contributed by atoms with E-state index in [-0.39, 0.29) is 0 Å². The fraction of sp³-hybridized carbons (Fsp3) is 0.250. The van der Waals surface area contributed by atoms with Crippen molar-refractivity contribution in [1.82, 2.24) is 0 Å². The maximum absolute atomic E-state index is 5.55. The van der Waals surface area contributed by atoms with E-state index < -0.39 is 5.60 Å². The summed E-state index contributed by atoms with van der Waals surface area (Å²) in [7, 11) is 0. The van der Waals surface area contributed by atoms with Gasteiger partial charge < -0.3 is 4.89 Å². The molecule has 0 bridgehead atoms. The summed E-state index contributed by atoms with van der Waals surface area (Å²) >= 11 is 0. The summed E-state index contributed by atoms with van der Waals surface area (Å²) in [6, 6.07) is 18.7. The van der Waals surface area contributed by atoms with E-state index in [2.05, 4.69) is 6.07 Å². The standard InChI is InChI=1S/C16H17O2/c1-13-9-7-8-12-15(13)17-18-16(2,3)14-10-5-4-6-11-14/h4-11H,1-3H3. The fourth-order valence-corrected chi connectivity index (χ4v) is 1.63. The van der Waals surface area contributed by atoms with Gasteiger partial charge in [0, 0.05) is 6.07 Å². The van der Waals surface area contributed by atoms with Crippen LogP contribution in [0.3, 0.4) is 0 Å². The predicted molar refractivity (Wildman–Crippen MR) is 71.2 cm³/mol. The van der Waals surface area contributed by atoms with Crippen molar-refractivity contribution in [1.29, 1.82) is 0 Å². The topological polar surface area (TPSA) is 18.5 Å². The van der Waals surface area contributed by atoms with Gasteiger partial charge in [0.25, 0.3) is 0 Å². The van der Waals surface area contributed by atoms with Gasteiger partial charge in [-0.3, -0.25) is 0 Å². The van der Waals surface area contributed by atoms with Crippen LogP contribution < -0.4 is 4.89 Å². The van der Waals surface area contributed by atoms with Gasteiger partial charge in [-0.1, -0.05) is 48.5 Å². The summed E-state index contributed by atoms with van der Waals surface area (Å²) in [6.45, 7) is 5.91. The number of aryl methyl sites for hydroxylation is 1. The first-order valence-corrected chi connectivity index (χ1v) is 5.98. The van der Waals surface area contributed by atoms with Gasteiger partial charge in [-0.2, -0.15) is 4.89 Å². The molecule has 0 aliphatic rings. The molecule has 0 amide bonds. The van der Waals surface area contributed by atoms with Crippen molar-refractivity contribution in [2.24, 2.45) is 0 Å². The number of hydrogen-bond acceptors (Lipinski definition) is 2. The lowest BCUT2D eigenvalue weighted by Crippen LogP contribution is -2.23. The molecule has 0 aliphatic carbocycles. The second kappa shape index (κ2) is 5.23. The van der Waals surface area contributed by atoms with Crippen molar-refractivity contribution in [3.05, 3.63) is 65.7 Å². The number of hydrogen-bond donors (Lipinski definition) is 0. The zero-order valence-electron chi connectivity index (χ0n) is 10.9. The highest BCUT2D eigenvalue weighted by molar-refractivity contribution is 5.30. The second-order valence-electron chi connectivity index (χ2n) is 4.73. The minimum absolute atomic E-state index is 0.503. The normalized spacial score (nSPS) is 11.3. The molecule has 0 fully saturated rings. The van der Waals surface area contributed by atoms with Crippen LogP contribution in [0, 0.1) is 13.0 Å². The first-order valence-electron chi connectivity index (χ1n) is 5.98. The Bertz CT molecular complexity index is 504. The monoisotopic (exact) mass is 241 g/mol. The molecule has 0 saturated carbocycles. The number of rotatable bonds is 4. The Morgan fingerprint density at radius 2 is 1.72 bits per heavy atom. The van der Waals surface area contributed by atoms with Crippen molar-refractivity contribution in [3.8, 4) is 5.75 Å². The molecule has 0 N–H and O–H groups in total. The van der Waals surface area contributed by atoms with Crippen molar-refractivity contribution < 1.29 is 9.78 Å². The average Bonchev–Trinajstić information content (AvgIpc) is 2.39. The van der Waals surface area contributed by atoms with E-state index in [1.165, 1.54) is 0 Å². The lowest BCUT2D eigenvalue weighted by atomic mass is 9.99. The Labute approximate surface area is 108 Å². The van der Waals surface area contributed by atoms with E-state index in [0.717, 1.165) is 11.1 Å². The molecule has 0 aliphatic heterocycles. The quantitative estimate of drug-likeness (QED) is 0.594. The Morgan fingerprint density at radius 3 is 2.39 bits per heavy atom. The molecule has 0 unspecified atom stereocenters. The summed E-state index contributed by atoms with van der Waals surface area (Å²) in [5.41, 5.74) is 1.57. The second-order valence-corrected chi connectivity index (χ2v) is 4.73. The van der Waals surface area contributed by atoms with Gasteiger partial charge in [-0.15, -0.1) is 0 Å². The summed E-state index contributed by atoms with van der Waals surface area (Å²) in [6.07, 6.45) is 0. The third kappa shape index (κ3) is 2.90. The smallest absolute Gasteiger partial charge is 0.176 e. The molecule has 2 nitrogen and oxygen atoms in total. The Balaban J connectivity index is 2.08. The minimum Gasteiger partial charge on any atom is -0.336 e. The van der Waals surface area contributed by atoms with Gasteiger partial charge in [0.1, 0.15) is 5.60 Å². The first-order chi connectivity index (χ1) is 8.59. The van der Waals surface area contributed by atoms with Crippen LogP contribution in [-0.4, -0.2) is 0 Å². The van der Waals surface area contributed by atoms with Crippen LogP contribution in [0.15, 0.2) is 48.5 Å². The predicted octanol–water partition coefficient (Wildman–Crippen LogP) is 4.04. The molecule has 1 radical (unpaired) electrons. The zero-order valence-corrected chi connectivity index (χ0v) is 10.9. The van der Waals surface area contributed by atoms with Crippen LogP contribution in [0.4, 0.5) is 0 Å². The third-order valence-corrected chi connectivity index (χ3v) is 2.82. The molecular weight excluding hydrogens is 224 g/mol. The molecule has 93 valence electrons. The summed E-state index contributed by atoms with van der Waals surface area (Å²) in [5, 5.41) is 0. The Hall–Kier alpha value is -1.80. The van der Waals surface area contributed by atoms with Gasteiger partial charge in [0.2, 0.25) is 0 Å². The molecule has 2 rings (SSSR count). The van der Waals surface area contributed by atoms with Gasteiger partial charge in [-0.25, -0.2) is 0 Å². The van der Waals surface area contributed by atoms with Crippen molar-refractivity contribution in [2.45, 2.75) is 26.4 Å². The SMILES string of the molecule is Cc1ccc[c]c1OOC(C)(C)c1ccccc1. The van der Waals surface area contributed by atoms with E-state index in [1.807, 2.05) is 63.2 Å². The molecule has 0 spiro atoms. The van der Waals surface area contributed by atoms with Gasteiger partial charge >= 0.3 is 0 Å². The maximum Gasteiger partial charge on any atom is 0.176 e. The van der Waals surface area contributed by atoms with Gasteiger partial charge in [0.15, 0.2) is 5.75 Å². The van der Waals surface area contributed by atoms with E-state index in [1.54, 1.807) is 6.07 Å². The molecule has 2 heteroatoms. The Kier molecular flexibility index (Phi) is 3.68. The number of para-hydroxylation sites is 1. The lowest BCUT2D eigenvalue weighted by molar-refractivity contribution is -0.286. The van der Waals surface area contributed by atoms with E-state index in [9.17, 15) is 0 Å². The average molecular weight is 241 g/mol. The van der Waals surface area contributed by atoms with Crippen molar-refractivity contribution >= 4 is 0 Å². The molecule has 2 aromatic rings. The molecule has 0 heterocycles. The van der Waals surface area contributed by atoms with Crippen molar-refractivity contribution in [3.63, 3.8) is 0 Å². The van der Waals surface area contributed by atoms with Crippen LogP contribution in [0.1, 0.15) is 25.0 Å². The first kappa shape index (κ1) is 12.7. The fourth-order valence-electron chi connectivity index (χ4n) is 1.63. The summed E-state index contributed by atoms with van der Waals surface area (Å²) in [5.74, 6) is 0.626. The molecule has 0 saturated heterocycles. The summed E-state index contributed by atoms with van der Waals surface area (Å²) < 4.78 is 0. The van der Waals surface area contributed by atoms with Gasteiger partial charge in [0.05, 0.1) is 0 Å². The van der Waals surface area contributed by atoms with Crippen LogP contribution >= 0.6 is 0 Å². The highest BCUT2D eigenvalue weighted by atomic mass is 17.2. The van der Waals surface area contributed by atoms with Crippen LogP contribution in [0.25, 0.3) is 0 Å². The van der Waals surface area contributed by atoms with Crippen molar-refractivity contribution in [2.75, 3.05) is 0 Å². The number of benzene rings is 2. The molecule has 0 aromatic heterocycles. The minimum atomic E-state index is -0.503. The highest BCUT2D eigenvalue weighted by Crippen LogP contribution is 2.26. The molecular formula is C16H17O2. The Morgan fingerprint density at radius 1 is 1.00 bits per heavy atom. The van der Waals surface area contributed by atoms with Crippen LogP contribution in [0.5, 0.6) is 5.75 Å². The third-order valence-electron chi connectivity index (χ3n) is 2.82. The van der Waals surface area contributed by atoms with E-state index in [0.29, 0.717) is 5.75 Å². The van der Waals surface area contributed by atoms with E-state index in [4.69, 9.17) is 9.78 Å². The molecule has 18 heavy (non-hydrogen) atoms. The lowest BCUT2D eigenvalue weighted by Gasteiger charge is -2.24. The highest BCUT2D eigenvalue weighted by Gasteiger charge is 2.23. The maximum atomic E-state index is 5.55. The van der Waals surface area contributed by atoms with Crippen LogP contribution in [-0.2, 0) is 10.5 Å². The molecule has 0 atom stereocenters. The molecule has 2 aromatic carbocycles. The van der Waals surface area contributed by atoms with Crippen LogP contribution in [0.2, 0.25) is 0 Å². The van der Waals surface area contributed by atoms with E-state index >= 15 is 0 Å². The summed E-state index contributed by atoms with van der Waals surface area (Å²) in [4.78, 5) is 11.0. The largest absolute Gasteiger partial charge is 0.336 e.